The third-order valence-corrected chi connectivity index (χ3v) is 2.93. The molecule has 0 unspecified atom stereocenters. The Morgan fingerprint density at radius 3 is 2.58 bits per heavy atom. The first-order chi connectivity index (χ1) is 9.17. The zero-order chi connectivity index (χ0) is 14.1. The molecule has 0 aromatic heterocycles. The van der Waals surface area contributed by atoms with Gasteiger partial charge in [-0.25, -0.2) is 4.39 Å². The molecular weight excluding hydrogens is 247 g/mol. The van der Waals surface area contributed by atoms with Crippen LogP contribution in [0.4, 0.5) is 10.1 Å². The smallest absolute Gasteiger partial charge is 0.123 e. The van der Waals surface area contributed by atoms with Crippen molar-refractivity contribution in [3.63, 3.8) is 0 Å². The second kappa shape index (κ2) is 8.85. The van der Waals surface area contributed by atoms with Gasteiger partial charge in [0, 0.05) is 46.1 Å². The Morgan fingerprint density at radius 2 is 1.89 bits per heavy atom. The highest BCUT2D eigenvalue weighted by Gasteiger charge is 2.09. The van der Waals surface area contributed by atoms with Gasteiger partial charge in [0.05, 0.1) is 6.61 Å². The van der Waals surface area contributed by atoms with Crippen LogP contribution in [0.1, 0.15) is 12.0 Å². The van der Waals surface area contributed by atoms with E-state index in [1.54, 1.807) is 20.3 Å². The van der Waals surface area contributed by atoms with Crippen LogP contribution in [0.15, 0.2) is 18.2 Å². The van der Waals surface area contributed by atoms with Gasteiger partial charge in [0.1, 0.15) is 5.82 Å². The maximum Gasteiger partial charge on any atom is 0.123 e. The third-order valence-electron chi connectivity index (χ3n) is 2.93. The van der Waals surface area contributed by atoms with Crippen molar-refractivity contribution in [1.29, 1.82) is 0 Å². The third kappa shape index (κ3) is 6.00. The Morgan fingerprint density at radius 1 is 1.16 bits per heavy atom. The molecule has 0 amide bonds. The number of nitrogen functional groups attached to an aromatic ring is 1. The Labute approximate surface area is 114 Å². The summed E-state index contributed by atoms with van der Waals surface area (Å²) in [7, 11) is 3.36. The van der Waals surface area contributed by atoms with Crippen LogP contribution in [0.3, 0.4) is 0 Å². The number of hydrogen-bond donors (Lipinski definition) is 1. The highest BCUT2D eigenvalue weighted by atomic mass is 19.1. The first-order valence-electron chi connectivity index (χ1n) is 6.41. The molecule has 0 radical (unpaired) electrons. The zero-order valence-corrected chi connectivity index (χ0v) is 11.7. The predicted molar refractivity (Wildman–Crippen MR) is 74.5 cm³/mol. The fourth-order valence-electron chi connectivity index (χ4n) is 1.87. The van der Waals surface area contributed by atoms with Crippen LogP contribution < -0.4 is 5.73 Å². The first kappa shape index (κ1) is 15.9. The fraction of sp³-hybridized carbons (Fsp3) is 0.571. The molecule has 5 heteroatoms. The molecule has 0 aliphatic carbocycles. The van der Waals surface area contributed by atoms with Crippen LogP contribution in [-0.2, 0) is 16.0 Å². The molecule has 0 aliphatic rings. The summed E-state index contributed by atoms with van der Waals surface area (Å²) in [5.74, 6) is -0.257. The van der Waals surface area contributed by atoms with Crippen molar-refractivity contribution < 1.29 is 13.9 Å². The summed E-state index contributed by atoms with van der Waals surface area (Å²) in [6.45, 7) is 3.63. The number of methoxy groups -OCH3 is 2. The van der Waals surface area contributed by atoms with Crippen LogP contribution in [0.5, 0.6) is 0 Å². The van der Waals surface area contributed by atoms with Gasteiger partial charge in [-0.3, -0.25) is 4.90 Å². The minimum Gasteiger partial charge on any atom is -0.398 e. The summed E-state index contributed by atoms with van der Waals surface area (Å²) in [6, 6.07) is 4.48. The quantitative estimate of drug-likeness (QED) is 0.550. The fourth-order valence-corrected chi connectivity index (χ4v) is 1.87. The summed E-state index contributed by atoms with van der Waals surface area (Å²) < 4.78 is 23.4. The molecule has 2 N–H and O–H groups in total. The standard InChI is InChI=1S/C14H23FN2O2/c1-18-8-3-6-17(7-9-19-2)11-12-10-13(15)4-5-14(12)16/h4-5,10H,3,6-9,11,16H2,1-2H3. The molecule has 0 atom stereocenters. The number of nitrogens with zero attached hydrogens (tertiary/aromatic N) is 1. The number of rotatable bonds is 9. The number of hydrogen-bond acceptors (Lipinski definition) is 4. The van der Waals surface area contributed by atoms with E-state index in [-0.39, 0.29) is 5.82 Å². The summed E-state index contributed by atoms with van der Waals surface area (Å²) in [5, 5.41) is 0. The van der Waals surface area contributed by atoms with E-state index >= 15 is 0 Å². The van der Waals surface area contributed by atoms with Gasteiger partial charge in [-0.2, -0.15) is 0 Å². The number of halogens is 1. The van der Waals surface area contributed by atoms with Crippen LogP contribution in [0.2, 0.25) is 0 Å². The van der Waals surface area contributed by atoms with Gasteiger partial charge >= 0.3 is 0 Å². The minimum atomic E-state index is -0.257. The topological polar surface area (TPSA) is 47.7 Å². The van der Waals surface area contributed by atoms with Gasteiger partial charge in [-0.1, -0.05) is 0 Å². The van der Waals surface area contributed by atoms with Crippen molar-refractivity contribution in [3.05, 3.63) is 29.6 Å². The second-order valence-electron chi connectivity index (χ2n) is 4.46. The molecule has 4 nitrogen and oxygen atoms in total. The van der Waals surface area contributed by atoms with E-state index in [0.29, 0.717) is 25.4 Å². The molecule has 108 valence electrons. The van der Waals surface area contributed by atoms with Gasteiger partial charge in [0.15, 0.2) is 0 Å². The average molecular weight is 270 g/mol. The molecular formula is C14H23FN2O2. The molecule has 1 aromatic carbocycles. The van der Waals surface area contributed by atoms with Crippen LogP contribution >= 0.6 is 0 Å². The summed E-state index contributed by atoms with van der Waals surface area (Å²) in [5.41, 5.74) is 7.31. The Kier molecular flexibility index (Phi) is 7.40. The van der Waals surface area contributed by atoms with Crippen LogP contribution in [0, 0.1) is 5.82 Å². The Bertz CT molecular complexity index is 374. The number of nitrogens with two attached hydrogens (primary N) is 1. The van der Waals surface area contributed by atoms with Crippen LogP contribution in [-0.4, -0.2) is 45.4 Å². The van der Waals surface area contributed by atoms with Crippen molar-refractivity contribution in [1.82, 2.24) is 4.90 Å². The summed E-state index contributed by atoms with van der Waals surface area (Å²) in [4.78, 5) is 2.19. The van der Waals surface area contributed by atoms with Crippen molar-refractivity contribution >= 4 is 5.69 Å². The maximum absolute atomic E-state index is 13.2. The van der Waals surface area contributed by atoms with Gasteiger partial charge in [-0.15, -0.1) is 0 Å². The molecule has 19 heavy (non-hydrogen) atoms. The molecule has 0 heterocycles. The molecule has 0 spiro atoms. The average Bonchev–Trinajstić information content (AvgIpc) is 2.40. The largest absolute Gasteiger partial charge is 0.398 e. The van der Waals surface area contributed by atoms with Gasteiger partial charge < -0.3 is 15.2 Å². The van der Waals surface area contributed by atoms with Crippen molar-refractivity contribution in [2.24, 2.45) is 0 Å². The van der Waals surface area contributed by atoms with Gasteiger partial charge in [-0.05, 0) is 30.2 Å². The lowest BCUT2D eigenvalue weighted by atomic mass is 10.1. The Hall–Kier alpha value is -1.17. The number of ether oxygens (including phenoxy) is 2. The zero-order valence-electron chi connectivity index (χ0n) is 11.7. The molecule has 0 saturated heterocycles. The van der Waals surface area contributed by atoms with E-state index < -0.39 is 0 Å². The van der Waals surface area contributed by atoms with Crippen molar-refractivity contribution in [2.45, 2.75) is 13.0 Å². The van der Waals surface area contributed by atoms with E-state index in [1.165, 1.54) is 12.1 Å². The van der Waals surface area contributed by atoms with E-state index in [4.69, 9.17) is 15.2 Å². The van der Waals surface area contributed by atoms with Crippen molar-refractivity contribution in [2.75, 3.05) is 46.3 Å². The monoisotopic (exact) mass is 270 g/mol. The van der Waals surface area contributed by atoms with Gasteiger partial charge in [0.2, 0.25) is 0 Å². The van der Waals surface area contributed by atoms with Crippen molar-refractivity contribution in [3.8, 4) is 0 Å². The number of anilines is 1. The summed E-state index contributed by atoms with van der Waals surface area (Å²) >= 11 is 0. The molecule has 0 saturated carbocycles. The molecule has 0 fully saturated rings. The highest BCUT2D eigenvalue weighted by molar-refractivity contribution is 5.46. The SMILES string of the molecule is COCCCN(CCOC)Cc1cc(F)ccc1N. The normalized spacial score (nSPS) is 11.2. The lowest BCUT2D eigenvalue weighted by molar-refractivity contribution is 0.129. The highest BCUT2D eigenvalue weighted by Crippen LogP contribution is 2.15. The van der Waals surface area contributed by atoms with Gasteiger partial charge in [0.25, 0.3) is 0 Å². The second-order valence-corrected chi connectivity index (χ2v) is 4.46. The number of benzene rings is 1. The molecule has 1 rings (SSSR count). The molecule has 0 bridgehead atoms. The Balaban J connectivity index is 2.61. The first-order valence-corrected chi connectivity index (χ1v) is 6.41. The van der Waals surface area contributed by atoms with E-state index in [1.807, 2.05) is 0 Å². The van der Waals surface area contributed by atoms with E-state index in [2.05, 4.69) is 4.90 Å². The van der Waals surface area contributed by atoms with Crippen LogP contribution in [0.25, 0.3) is 0 Å². The molecule has 1 aromatic rings. The van der Waals surface area contributed by atoms with E-state index in [0.717, 1.165) is 25.1 Å². The lowest BCUT2D eigenvalue weighted by Gasteiger charge is -2.22. The molecule has 0 aliphatic heterocycles. The summed E-state index contributed by atoms with van der Waals surface area (Å²) in [6.07, 6.45) is 0.926. The van der Waals surface area contributed by atoms with E-state index in [9.17, 15) is 4.39 Å². The predicted octanol–water partition coefficient (Wildman–Crippen LogP) is 1.89. The lowest BCUT2D eigenvalue weighted by Crippen LogP contribution is -2.29. The minimum absolute atomic E-state index is 0.257. The maximum atomic E-state index is 13.2.